The van der Waals surface area contributed by atoms with Gasteiger partial charge in [-0.25, -0.2) is 9.59 Å². The molecule has 0 aliphatic heterocycles. The summed E-state index contributed by atoms with van der Waals surface area (Å²) in [6.45, 7) is 6.24. The Balaban J connectivity index is 1.76. The average molecular weight is 566 g/mol. The van der Waals surface area contributed by atoms with Crippen molar-refractivity contribution in [1.82, 2.24) is 0 Å². The van der Waals surface area contributed by atoms with Crippen LogP contribution in [0, 0.1) is 22.7 Å². The number of esters is 2. The first-order valence-electron chi connectivity index (χ1n) is 12.3. The number of carbonyl (C=O) groups excluding carboxylic acids is 3. The number of unbranched alkanes of at least 4 members (excludes halogenated alkanes) is 1. The number of hydrogen-bond donors (Lipinski definition) is 0. The van der Waals surface area contributed by atoms with E-state index in [0.717, 1.165) is 18.4 Å². The van der Waals surface area contributed by atoms with Crippen molar-refractivity contribution in [3.05, 3.63) is 23.8 Å². The minimum absolute atomic E-state index is 0.0405. The van der Waals surface area contributed by atoms with Crippen LogP contribution in [-0.2, 0) is 23.9 Å². The predicted molar refractivity (Wildman–Crippen MR) is 137 cm³/mol. The molecular formula is C26H32Cl4O5. The number of rotatable bonds is 6. The van der Waals surface area contributed by atoms with Crippen LogP contribution in [0.5, 0.6) is 0 Å². The van der Waals surface area contributed by atoms with Crippen LogP contribution in [0.1, 0.15) is 65.7 Å². The van der Waals surface area contributed by atoms with Gasteiger partial charge in [0.25, 0.3) is 0 Å². The maximum Gasteiger partial charge on any atom is 0.351 e. The van der Waals surface area contributed by atoms with Gasteiger partial charge < -0.3 is 9.47 Å². The Morgan fingerprint density at radius 1 is 1.20 bits per heavy atom. The van der Waals surface area contributed by atoms with Gasteiger partial charge >= 0.3 is 11.9 Å². The maximum absolute atomic E-state index is 13.6. The van der Waals surface area contributed by atoms with E-state index in [0.29, 0.717) is 25.7 Å². The van der Waals surface area contributed by atoms with E-state index < -0.39 is 43.5 Å². The van der Waals surface area contributed by atoms with Gasteiger partial charge in [-0.1, -0.05) is 62.0 Å². The zero-order valence-electron chi connectivity index (χ0n) is 20.3. The molecule has 0 heterocycles. The summed E-state index contributed by atoms with van der Waals surface area (Å²) in [7, 11) is 0. The molecule has 0 bridgehead atoms. The van der Waals surface area contributed by atoms with E-state index in [1.165, 1.54) is 0 Å². The summed E-state index contributed by atoms with van der Waals surface area (Å²) in [6.07, 6.45) is 9.37. The number of hydrogen-bond acceptors (Lipinski definition) is 5. The molecule has 0 aromatic rings. The number of allylic oxidation sites excluding steroid dienone is 4. The summed E-state index contributed by atoms with van der Waals surface area (Å²) in [5.74, 6) is -1.62. The molecule has 0 amide bonds. The zero-order chi connectivity index (χ0) is 25.8. The molecule has 0 unspecified atom stereocenters. The van der Waals surface area contributed by atoms with Gasteiger partial charge in [-0.05, 0) is 62.5 Å². The van der Waals surface area contributed by atoms with Crippen LogP contribution in [0.15, 0.2) is 23.8 Å². The van der Waals surface area contributed by atoms with Crippen molar-refractivity contribution < 1.29 is 23.9 Å². The number of alkyl halides is 4. The Hall–Kier alpha value is -0.750. The third-order valence-corrected chi connectivity index (χ3v) is 11.1. The first-order valence-corrected chi connectivity index (χ1v) is 14.0. The van der Waals surface area contributed by atoms with E-state index in [-0.39, 0.29) is 30.6 Å². The molecule has 7 atom stereocenters. The van der Waals surface area contributed by atoms with Gasteiger partial charge in [-0.15, -0.1) is 23.2 Å². The van der Waals surface area contributed by atoms with E-state index in [2.05, 4.69) is 0 Å². The molecule has 5 nitrogen and oxygen atoms in total. The fraction of sp³-hybridized carbons (Fsp3) is 0.731. The fourth-order valence-corrected chi connectivity index (χ4v) is 8.64. The summed E-state index contributed by atoms with van der Waals surface area (Å²) >= 11 is 26.4. The molecule has 4 rings (SSSR count). The Kier molecular flexibility index (Phi) is 7.43. The van der Waals surface area contributed by atoms with Crippen LogP contribution >= 0.6 is 46.4 Å². The lowest BCUT2D eigenvalue weighted by Gasteiger charge is -2.63. The first-order chi connectivity index (χ1) is 16.4. The first kappa shape index (κ1) is 27.3. The van der Waals surface area contributed by atoms with Gasteiger partial charge in [-0.3, -0.25) is 4.79 Å². The van der Waals surface area contributed by atoms with Gasteiger partial charge in [0.15, 0.2) is 5.78 Å². The van der Waals surface area contributed by atoms with Crippen LogP contribution in [0.4, 0.5) is 0 Å². The Morgan fingerprint density at radius 3 is 2.57 bits per heavy atom. The predicted octanol–water partition coefficient (Wildman–Crippen LogP) is 6.30. The number of ether oxygens (including phenoxy) is 2. The molecule has 0 N–H and O–H groups in total. The average Bonchev–Trinajstić information content (AvgIpc) is 3.08. The monoisotopic (exact) mass is 564 g/mol. The molecule has 3 fully saturated rings. The lowest BCUT2D eigenvalue weighted by molar-refractivity contribution is -0.203. The lowest BCUT2D eigenvalue weighted by Crippen LogP contribution is -2.68. The largest absolute Gasteiger partial charge is 0.463 e. The molecule has 9 heteroatoms. The van der Waals surface area contributed by atoms with Crippen molar-refractivity contribution in [2.75, 3.05) is 6.61 Å². The van der Waals surface area contributed by atoms with Crippen molar-refractivity contribution in [2.24, 2.45) is 22.7 Å². The van der Waals surface area contributed by atoms with Crippen LogP contribution in [-0.4, -0.2) is 45.0 Å². The summed E-state index contributed by atoms with van der Waals surface area (Å²) in [4.78, 5) is 36.1. The van der Waals surface area contributed by atoms with Gasteiger partial charge in [0, 0.05) is 10.8 Å². The number of carbonyl (C=O) groups is 3. The summed E-state index contributed by atoms with van der Waals surface area (Å²) in [5.41, 5.74) is -1.98. The van der Waals surface area contributed by atoms with Gasteiger partial charge in [0.05, 0.1) is 16.9 Å². The van der Waals surface area contributed by atoms with E-state index in [9.17, 15) is 14.4 Å². The lowest BCUT2D eigenvalue weighted by atomic mass is 9.46. The highest BCUT2D eigenvalue weighted by Gasteiger charge is 2.75. The molecule has 0 saturated heterocycles. The molecule has 0 aromatic heterocycles. The number of ketones is 1. The second kappa shape index (κ2) is 9.53. The zero-order valence-corrected chi connectivity index (χ0v) is 23.3. The summed E-state index contributed by atoms with van der Waals surface area (Å²) in [5, 5.41) is -0.565. The maximum atomic E-state index is 13.6. The van der Waals surface area contributed by atoms with Gasteiger partial charge in [-0.2, -0.15) is 0 Å². The van der Waals surface area contributed by atoms with Crippen LogP contribution in [0.3, 0.4) is 0 Å². The minimum atomic E-state index is -1.55. The second-order valence-corrected chi connectivity index (χ2v) is 13.0. The van der Waals surface area contributed by atoms with E-state index >= 15 is 0 Å². The molecule has 3 saturated carbocycles. The second-order valence-electron chi connectivity index (χ2n) is 10.8. The number of fused-ring (bicyclic) bond motifs is 5. The van der Waals surface area contributed by atoms with Gasteiger partial charge in [0.1, 0.15) is 0 Å². The highest BCUT2D eigenvalue weighted by molar-refractivity contribution is 6.53. The summed E-state index contributed by atoms with van der Waals surface area (Å²) < 4.78 is 11.5. The van der Waals surface area contributed by atoms with E-state index in [1.807, 2.05) is 26.8 Å². The smallest absolute Gasteiger partial charge is 0.351 e. The van der Waals surface area contributed by atoms with Crippen molar-refractivity contribution in [3.8, 4) is 0 Å². The molecular weight excluding hydrogens is 534 g/mol. The van der Waals surface area contributed by atoms with E-state index in [4.69, 9.17) is 55.9 Å². The van der Waals surface area contributed by atoms with Crippen molar-refractivity contribution >= 4 is 64.1 Å². The highest BCUT2D eigenvalue weighted by atomic mass is 35.5. The Bertz CT molecular complexity index is 979. The number of halogens is 4. The Labute approximate surface area is 226 Å². The third-order valence-electron chi connectivity index (χ3n) is 9.23. The molecule has 0 radical (unpaired) electrons. The molecule has 35 heavy (non-hydrogen) atoms. The van der Waals surface area contributed by atoms with Crippen LogP contribution in [0.2, 0.25) is 0 Å². The van der Waals surface area contributed by atoms with Crippen molar-refractivity contribution in [1.29, 1.82) is 0 Å². The SMILES string of the molecule is CCCCOC(=O)[C@@]1(OC(=O)C(Cl)Cl)CC[C@H]2[C@@H]3CCC4=CC(=O)C=C[C@]4(C)[C@@]3(Cl)[C@@H](Cl)C[C@@]21C. The fourth-order valence-electron chi connectivity index (χ4n) is 7.32. The third kappa shape index (κ3) is 3.90. The van der Waals surface area contributed by atoms with Crippen molar-refractivity contribution in [2.45, 2.75) is 86.4 Å². The molecule has 4 aliphatic carbocycles. The van der Waals surface area contributed by atoms with Crippen LogP contribution in [0.25, 0.3) is 0 Å². The standard InChI is InChI=1S/C26H32Cl4O5/c1-4-5-12-34-22(33)25(35-21(32)20(28)29)11-9-17-18-7-6-15-13-16(31)8-10-23(15,2)26(18,30)19(27)14-24(17,25)3/h8,10,13,17-20H,4-7,9,11-12,14H2,1-3H3/t17-,18-,19-,23-,24-,25-,26-/m0/s1. The normalized spacial score (nSPS) is 42.1. The molecule has 4 aliphatic rings. The quantitative estimate of drug-likeness (QED) is 0.215. The van der Waals surface area contributed by atoms with Gasteiger partial charge in [0.2, 0.25) is 10.4 Å². The molecule has 0 aromatic carbocycles. The topological polar surface area (TPSA) is 69.7 Å². The van der Waals surface area contributed by atoms with E-state index in [1.54, 1.807) is 12.2 Å². The van der Waals surface area contributed by atoms with Crippen LogP contribution < -0.4 is 0 Å². The Morgan fingerprint density at radius 2 is 1.91 bits per heavy atom. The molecule has 0 spiro atoms. The highest BCUT2D eigenvalue weighted by Crippen LogP contribution is 2.72. The molecule has 194 valence electrons. The van der Waals surface area contributed by atoms with Crippen molar-refractivity contribution in [3.63, 3.8) is 0 Å². The summed E-state index contributed by atoms with van der Waals surface area (Å²) in [6, 6.07) is 0. The minimum Gasteiger partial charge on any atom is -0.463 e.